The first-order valence-electron chi connectivity index (χ1n) is 7.46. The van der Waals surface area contributed by atoms with Crippen molar-refractivity contribution in [3.63, 3.8) is 0 Å². The predicted molar refractivity (Wildman–Crippen MR) is 84.9 cm³/mol. The predicted octanol–water partition coefficient (Wildman–Crippen LogP) is 1.78. The number of benzene rings is 1. The lowest BCUT2D eigenvalue weighted by atomic mass is 10.2. The summed E-state index contributed by atoms with van der Waals surface area (Å²) >= 11 is 0. The van der Waals surface area contributed by atoms with Crippen LogP contribution in [0.1, 0.15) is 18.4 Å². The number of likely N-dealkylation sites (tertiary alicyclic amines) is 1. The van der Waals surface area contributed by atoms with Crippen molar-refractivity contribution in [1.82, 2.24) is 10.2 Å². The van der Waals surface area contributed by atoms with Crippen LogP contribution in [0.15, 0.2) is 29.3 Å². The van der Waals surface area contributed by atoms with Crippen molar-refractivity contribution in [3.8, 4) is 0 Å². The third-order valence-electron chi connectivity index (χ3n) is 3.55. The highest BCUT2D eigenvalue weighted by Crippen LogP contribution is 2.13. The highest BCUT2D eigenvalue weighted by Gasteiger charge is 2.15. The van der Waals surface area contributed by atoms with E-state index < -0.39 is 4.92 Å². The monoisotopic (exact) mass is 306 g/mol. The summed E-state index contributed by atoms with van der Waals surface area (Å²) in [5.74, 6) is 0.882. The summed E-state index contributed by atoms with van der Waals surface area (Å²) in [6, 6.07) is 6.52. The number of rotatable bonds is 6. The third kappa shape index (κ3) is 4.70. The molecular formula is C15H22N4O3. The van der Waals surface area contributed by atoms with E-state index in [0.717, 1.165) is 24.6 Å². The highest BCUT2D eigenvalue weighted by molar-refractivity contribution is 5.80. The summed E-state index contributed by atoms with van der Waals surface area (Å²) in [7, 11) is 1.67. The maximum Gasteiger partial charge on any atom is 0.269 e. The van der Waals surface area contributed by atoms with Crippen molar-refractivity contribution in [3.05, 3.63) is 39.9 Å². The van der Waals surface area contributed by atoms with Gasteiger partial charge in [-0.1, -0.05) is 12.1 Å². The molecule has 0 unspecified atom stereocenters. The van der Waals surface area contributed by atoms with Gasteiger partial charge in [0.25, 0.3) is 5.69 Å². The summed E-state index contributed by atoms with van der Waals surface area (Å²) in [4.78, 5) is 17.1. The van der Waals surface area contributed by atoms with E-state index in [1.807, 2.05) is 0 Å². The average Bonchev–Trinajstić information content (AvgIpc) is 3.05. The van der Waals surface area contributed by atoms with Gasteiger partial charge in [-0.15, -0.1) is 0 Å². The molecule has 1 aromatic rings. The first-order chi connectivity index (χ1) is 10.7. The molecule has 0 atom stereocenters. The minimum Gasteiger partial charge on any atom is -0.383 e. The number of aliphatic imine (C=N–C) groups is 1. The molecule has 0 bridgehead atoms. The number of non-ortho nitro benzene ring substituents is 1. The molecule has 1 aromatic carbocycles. The molecule has 1 aliphatic heterocycles. The van der Waals surface area contributed by atoms with E-state index in [-0.39, 0.29) is 5.69 Å². The van der Waals surface area contributed by atoms with E-state index in [1.54, 1.807) is 19.2 Å². The summed E-state index contributed by atoms with van der Waals surface area (Å²) in [6.45, 7) is 3.87. The Morgan fingerprint density at radius 1 is 1.36 bits per heavy atom. The summed E-state index contributed by atoms with van der Waals surface area (Å²) < 4.78 is 5.05. The maximum absolute atomic E-state index is 10.6. The van der Waals surface area contributed by atoms with E-state index in [9.17, 15) is 10.1 Å². The molecule has 0 aromatic heterocycles. The van der Waals surface area contributed by atoms with Crippen LogP contribution in [-0.4, -0.2) is 49.1 Å². The lowest BCUT2D eigenvalue weighted by molar-refractivity contribution is -0.384. The number of guanidine groups is 1. The van der Waals surface area contributed by atoms with E-state index >= 15 is 0 Å². The molecule has 2 rings (SSSR count). The Morgan fingerprint density at radius 2 is 2.05 bits per heavy atom. The Balaban J connectivity index is 1.99. The van der Waals surface area contributed by atoms with E-state index in [0.29, 0.717) is 19.7 Å². The van der Waals surface area contributed by atoms with Gasteiger partial charge in [-0.2, -0.15) is 0 Å². The van der Waals surface area contributed by atoms with Crippen LogP contribution in [0, 0.1) is 10.1 Å². The van der Waals surface area contributed by atoms with Crippen molar-refractivity contribution in [2.45, 2.75) is 19.4 Å². The molecule has 1 fully saturated rings. The van der Waals surface area contributed by atoms with Gasteiger partial charge in [-0.3, -0.25) is 10.1 Å². The number of nitrogens with one attached hydrogen (secondary N) is 1. The van der Waals surface area contributed by atoms with E-state index in [2.05, 4.69) is 15.2 Å². The van der Waals surface area contributed by atoms with Crippen molar-refractivity contribution in [1.29, 1.82) is 0 Å². The van der Waals surface area contributed by atoms with Crippen LogP contribution in [0.4, 0.5) is 5.69 Å². The van der Waals surface area contributed by atoms with Crippen molar-refractivity contribution in [2.24, 2.45) is 4.99 Å². The van der Waals surface area contributed by atoms with Gasteiger partial charge in [0.15, 0.2) is 5.96 Å². The Kier molecular flexibility index (Phi) is 6.14. The standard InChI is InChI=1S/C15H22N4O3/c1-22-11-8-16-15(18-9-2-3-10-18)17-12-13-4-6-14(7-5-13)19(20)21/h4-7H,2-3,8-12H2,1H3,(H,16,17). The molecule has 0 saturated carbocycles. The van der Waals surface area contributed by atoms with Crippen LogP contribution in [0.3, 0.4) is 0 Å². The summed E-state index contributed by atoms with van der Waals surface area (Å²) in [6.07, 6.45) is 2.37. The molecule has 0 radical (unpaired) electrons. The summed E-state index contributed by atoms with van der Waals surface area (Å²) in [5.41, 5.74) is 1.06. The normalized spacial score (nSPS) is 15.1. The molecule has 1 heterocycles. The zero-order valence-corrected chi connectivity index (χ0v) is 12.8. The van der Waals surface area contributed by atoms with Crippen molar-refractivity contribution < 1.29 is 9.66 Å². The Labute approximate surface area is 130 Å². The first kappa shape index (κ1) is 16.2. The average molecular weight is 306 g/mol. The van der Waals surface area contributed by atoms with Crippen molar-refractivity contribution >= 4 is 11.6 Å². The molecule has 0 aliphatic carbocycles. The highest BCUT2D eigenvalue weighted by atomic mass is 16.6. The molecule has 22 heavy (non-hydrogen) atoms. The van der Waals surface area contributed by atoms with Crippen LogP contribution in [-0.2, 0) is 11.3 Å². The van der Waals surface area contributed by atoms with Gasteiger partial charge in [0, 0.05) is 38.9 Å². The van der Waals surface area contributed by atoms with Gasteiger partial charge in [-0.05, 0) is 18.4 Å². The van der Waals surface area contributed by atoms with Gasteiger partial charge >= 0.3 is 0 Å². The van der Waals surface area contributed by atoms with Gasteiger partial charge in [0.05, 0.1) is 18.1 Å². The molecule has 120 valence electrons. The van der Waals surface area contributed by atoms with Gasteiger partial charge in [-0.25, -0.2) is 4.99 Å². The van der Waals surface area contributed by atoms with Crippen LogP contribution < -0.4 is 5.32 Å². The SMILES string of the molecule is COCCNC(=NCc1ccc([N+](=O)[O-])cc1)N1CCCC1. The van der Waals surface area contributed by atoms with Crippen LogP contribution in [0.25, 0.3) is 0 Å². The lowest BCUT2D eigenvalue weighted by Gasteiger charge is -2.21. The van der Waals surface area contributed by atoms with E-state index in [1.165, 1.54) is 25.0 Å². The Bertz CT molecular complexity index is 510. The second kappa shape index (κ2) is 8.33. The number of hydrogen-bond donors (Lipinski definition) is 1. The molecule has 7 nitrogen and oxygen atoms in total. The topological polar surface area (TPSA) is 80.0 Å². The number of nitro groups is 1. The van der Waals surface area contributed by atoms with Crippen LogP contribution in [0.2, 0.25) is 0 Å². The number of nitro benzene ring substituents is 1. The van der Waals surface area contributed by atoms with Gasteiger partial charge in [0.1, 0.15) is 0 Å². The van der Waals surface area contributed by atoms with Crippen LogP contribution in [0.5, 0.6) is 0 Å². The minimum atomic E-state index is -0.394. The molecule has 1 aliphatic rings. The number of nitrogens with zero attached hydrogens (tertiary/aromatic N) is 3. The molecule has 0 amide bonds. The molecule has 0 spiro atoms. The quantitative estimate of drug-likeness (QED) is 0.285. The van der Waals surface area contributed by atoms with Crippen LogP contribution >= 0.6 is 0 Å². The fraction of sp³-hybridized carbons (Fsp3) is 0.533. The Hall–Kier alpha value is -2.15. The number of methoxy groups -OCH3 is 1. The fourth-order valence-electron chi connectivity index (χ4n) is 2.35. The first-order valence-corrected chi connectivity index (χ1v) is 7.46. The maximum atomic E-state index is 10.6. The van der Waals surface area contributed by atoms with Crippen molar-refractivity contribution in [2.75, 3.05) is 33.4 Å². The summed E-state index contributed by atoms with van der Waals surface area (Å²) in [5, 5.41) is 14.0. The lowest BCUT2D eigenvalue weighted by Crippen LogP contribution is -2.41. The molecule has 1 N–H and O–H groups in total. The fourth-order valence-corrected chi connectivity index (χ4v) is 2.35. The molecule has 7 heteroatoms. The van der Waals surface area contributed by atoms with Gasteiger partial charge < -0.3 is 15.0 Å². The second-order valence-corrected chi connectivity index (χ2v) is 5.18. The second-order valence-electron chi connectivity index (χ2n) is 5.18. The molecular weight excluding hydrogens is 284 g/mol. The zero-order valence-electron chi connectivity index (χ0n) is 12.8. The largest absolute Gasteiger partial charge is 0.383 e. The van der Waals surface area contributed by atoms with Gasteiger partial charge in [0.2, 0.25) is 0 Å². The zero-order chi connectivity index (χ0) is 15.8. The Morgan fingerprint density at radius 3 is 2.64 bits per heavy atom. The smallest absolute Gasteiger partial charge is 0.269 e. The third-order valence-corrected chi connectivity index (χ3v) is 3.55. The number of hydrogen-bond acceptors (Lipinski definition) is 4. The minimum absolute atomic E-state index is 0.103. The van der Waals surface area contributed by atoms with E-state index in [4.69, 9.17) is 4.74 Å². The molecule has 1 saturated heterocycles. The number of ether oxygens (including phenoxy) is 1.